The lowest BCUT2D eigenvalue weighted by Gasteiger charge is -2.24. The molecule has 24 heavy (non-hydrogen) atoms. The Hall–Kier alpha value is -2.24. The molecular formula is C22H27N2+. The molecule has 1 aliphatic heterocycles. The second-order valence-corrected chi connectivity index (χ2v) is 6.33. The minimum atomic E-state index is 0.759. The van der Waals surface area contributed by atoms with Gasteiger partial charge in [0.2, 0.25) is 0 Å². The predicted molar refractivity (Wildman–Crippen MR) is 102 cm³/mol. The van der Waals surface area contributed by atoms with Crippen molar-refractivity contribution in [2.75, 3.05) is 31.1 Å². The van der Waals surface area contributed by atoms with Gasteiger partial charge in [0.25, 0.3) is 0 Å². The first-order valence-corrected chi connectivity index (χ1v) is 9.06. The molecule has 1 heterocycles. The van der Waals surface area contributed by atoms with Crippen molar-refractivity contribution < 1.29 is 4.90 Å². The van der Waals surface area contributed by atoms with E-state index in [2.05, 4.69) is 79.1 Å². The van der Waals surface area contributed by atoms with Crippen LogP contribution in [-0.2, 0) is 12.8 Å². The van der Waals surface area contributed by atoms with E-state index in [1.807, 2.05) is 0 Å². The maximum atomic E-state index is 3.42. The molecule has 0 aliphatic carbocycles. The van der Waals surface area contributed by atoms with Crippen LogP contribution in [0.2, 0.25) is 0 Å². The number of nitrogens with zero attached hydrogens (tertiary/aromatic N) is 1. The topological polar surface area (TPSA) is 7.68 Å². The van der Waals surface area contributed by atoms with Crippen molar-refractivity contribution in [2.24, 2.45) is 0 Å². The lowest BCUT2D eigenvalue weighted by Crippen LogP contribution is -3.11. The minimum absolute atomic E-state index is 0.759. The number of hydrogen-bond acceptors (Lipinski definition) is 1. The summed E-state index contributed by atoms with van der Waals surface area (Å²) in [6, 6.07) is 17.5. The first-order valence-electron chi connectivity index (χ1n) is 9.06. The van der Waals surface area contributed by atoms with E-state index in [-0.39, 0.29) is 0 Å². The van der Waals surface area contributed by atoms with Crippen LogP contribution in [0.4, 0.5) is 11.4 Å². The molecule has 1 N–H and O–H groups in total. The molecule has 2 heteroatoms. The molecule has 0 spiro atoms. The molecule has 1 aliphatic rings. The number of quaternary nitrogens is 1. The van der Waals surface area contributed by atoms with Gasteiger partial charge in [-0.2, -0.15) is 0 Å². The zero-order chi connectivity index (χ0) is 16.8. The fourth-order valence-corrected chi connectivity index (χ4v) is 3.36. The molecule has 0 radical (unpaired) electrons. The largest absolute Gasteiger partial charge is 0.329 e. The van der Waals surface area contributed by atoms with Crippen LogP contribution in [0.25, 0.3) is 0 Å². The van der Waals surface area contributed by atoms with Crippen LogP contribution in [-0.4, -0.2) is 26.2 Å². The Balaban J connectivity index is 1.87. The monoisotopic (exact) mass is 319 g/mol. The molecule has 2 nitrogen and oxygen atoms in total. The van der Waals surface area contributed by atoms with Crippen LogP contribution in [0, 0.1) is 11.8 Å². The van der Waals surface area contributed by atoms with E-state index in [0.717, 1.165) is 39.0 Å². The number of benzene rings is 2. The van der Waals surface area contributed by atoms with E-state index in [0.29, 0.717) is 0 Å². The summed E-state index contributed by atoms with van der Waals surface area (Å²) in [4.78, 5) is 3.93. The van der Waals surface area contributed by atoms with Crippen molar-refractivity contribution in [3.8, 4) is 11.8 Å². The molecule has 0 fully saturated rings. The number of para-hydroxylation sites is 2. The average molecular weight is 319 g/mol. The molecule has 0 saturated heterocycles. The van der Waals surface area contributed by atoms with Gasteiger partial charge in [-0.1, -0.05) is 42.3 Å². The maximum absolute atomic E-state index is 3.42. The second kappa shape index (κ2) is 8.04. The van der Waals surface area contributed by atoms with Crippen molar-refractivity contribution in [3.63, 3.8) is 0 Å². The number of anilines is 2. The number of fused-ring (bicyclic) bond motifs is 2. The second-order valence-electron chi connectivity index (χ2n) is 6.33. The molecule has 0 amide bonds. The summed E-state index contributed by atoms with van der Waals surface area (Å²) >= 11 is 0. The molecule has 0 atom stereocenters. The summed E-state index contributed by atoms with van der Waals surface area (Å²) in [7, 11) is 0. The third-order valence-electron chi connectivity index (χ3n) is 4.93. The van der Waals surface area contributed by atoms with Gasteiger partial charge in [0.15, 0.2) is 0 Å². The summed E-state index contributed by atoms with van der Waals surface area (Å²) in [5.41, 5.74) is 5.47. The maximum Gasteiger partial charge on any atom is 0.139 e. The molecular weight excluding hydrogens is 292 g/mol. The van der Waals surface area contributed by atoms with Gasteiger partial charge in [-0.15, -0.1) is 0 Å². The highest BCUT2D eigenvalue weighted by Gasteiger charge is 2.19. The van der Waals surface area contributed by atoms with E-state index in [9.17, 15) is 0 Å². The smallest absolute Gasteiger partial charge is 0.139 e. The SMILES string of the molecule is CC[NH+](CC)CC#CCN1c2ccccc2CCc2ccccc21. The lowest BCUT2D eigenvalue weighted by atomic mass is 10.0. The highest BCUT2D eigenvalue weighted by molar-refractivity contribution is 5.71. The van der Waals surface area contributed by atoms with Crippen molar-refractivity contribution >= 4 is 11.4 Å². The molecule has 3 rings (SSSR count). The normalized spacial score (nSPS) is 12.9. The summed E-state index contributed by atoms with van der Waals surface area (Å²) < 4.78 is 0. The summed E-state index contributed by atoms with van der Waals surface area (Å²) in [5.74, 6) is 6.81. The zero-order valence-electron chi connectivity index (χ0n) is 14.8. The Bertz CT molecular complexity index is 687. The van der Waals surface area contributed by atoms with Crippen LogP contribution in [0.5, 0.6) is 0 Å². The Morgan fingerprint density at radius 3 is 1.92 bits per heavy atom. The van der Waals surface area contributed by atoms with Crippen LogP contribution in [0.15, 0.2) is 48.5 Å². The van der Waals surface area contributed by atoms with E-state index in [4.69, 9.17) is 0 Å². The number of nitrogens with one attached hydrogen (secondary N) is 1. The quantitative estimate of drug-likeness (QED) is 0.852. The van der Waals surface area contributed by atoms with Gasteiger partial charge in [0, 0.05) is 11.4 Å². The van der Waals surface area contributed by atoms with Crippen LogP contribution < -0.4 is 9.80 Å². The number of rotatable bonds is 4. The predicted octanol–water partition coefficient (Wildman–Crippen LogP) is 2.85. The first kappa shape index (κ1) is 16.6. The number of aryl methyl sites for hydroxylation is 2. The lowest BCUT2D eigenvalue weighted by molar-refractivity contribution is -0.889. The van der Waals surface area contributed by atoms with E-state index in [1.165, 1.54) is 22.5 Å². The first-order chi connectivity index (χ1) is 11.8. The van der Waals surface area contributed by atoms with Gasteiger partial charge in [0.05, 0.1) is 19.6 Å². The van der Waals surface area contributed by atoms with E-state index < -0.39 is 0 Å². The van der Waals surface area contributed by atoms with Gasteiger partial charge in [-0.3, -0.25) is 0 Å². The Morgan fingerprint density at radius 2 is 1.38 bits per heavy atom. The fourth-order valence-electron chi connectivity index (χ4n) is 3.36. The molecule has 2 aromatic rings. The molecule has 2 aromatic carbocycles. The molecule has 0 saturated carbocycles. The van der Waals surface area contributed by atoms with Gasteiger partial charge >= 0.3 is 0 Å². The highest BCUT2D eigenvalue weighted by Crippen LogP contribution is 2.35. The van der Waals surface area contributed by atoms with Gasteiger partial charge in [-0.25, -0.2) is 0 Å². The highest BCUT2D eigenvalue weighted by atomic mass is 15.1. The Labute approximate surface area is 146 Å². The Kier molecular flexibility index (Phi) is 5.56. The van der Waals surface area contributed by atoms with E-state index >= 15 is 0 Å². The molecule has 0 unspecified atom stereocenters. The van der Waals surface area contributed by atoms with E-state index in [1.54, 1.807) is 4.90 Å². The molecule has 0 aromatic heterocycles. The third-order valence-corrected chi connectivity index (χ3v) is 4.93. The molecule has 124 valence electrons. The van der Waals surface area contributed by atoms with Gasteiger partial charge in [0.1, 0.15) is 6.54 Å². The third kappa shape index (κ3) is 3.63. The van der Waals surface area contributed by atoms with Crippen molar-refractivity contribution in [1.29, 1.82) is 0 Å². The summed E-state index contributed by atoms with van der Waals surface area (Å²) in [6.45, 7) is 8.42. The van der Waals surface area contributed by atoms with Crippen molar-refractivity contribution in [2.45, 2.75) is 26.7 Å². The fraction of sp³-hybridized carbons (Fsp3) is 0.364. The van der Waals surface area contributed by atoms with Crippen LogP contribution in [0.1, 0.15) is 25.0 Å². The van der Waals surface area contributed by atoms with Crippen molar-refractivity contribution in [3.05, 3.63) is 59.7 Å². The summed E-state index contributed by atoms with van der Waals surface area (Å²) in [5, 5.41) is 0. The standard InChI is InChI=1S/C22H26N2/c1-3-23(4-2)17-9-10-18-24-21-13-7-5-11-19(21)15-16-20-12-6-8-14-22(20)24/h5-8,11-14H,3-4,15-18H2,1-2H3/p+1. The van der Waals surface area contributed by atoms with Gasteiger partial charge in [-0.05, 0) is 55.9 Å². The molecule has 0 bridgehead atoms. The van der Waals surface area contributed by atoms with Crippen LogP contribution >= 0.6 is 0 Å². The zero-order valence-corrected chi connectivity index (χ0v) is 14.8. The Morgan fingerprint density at radius 1 is 0.833 bits per heavy atom. The average Bonchev–Trinajstić information content (AvgIpc) is 2.79. The summed E-state index contributed by atoms with van der Waals surface area (Å²) in [6.07, 6.45) is 2.20. The number of hydrogen-bond donors (Lipinski definition) is 1. The minimum Gasteiger partial charge on any atom is -0.329 e. The van der Waals surface area contributed by atoms with Crippen molar-refractivity contribution in [1.82, 2.24) is 0 Å². The van der Waals surface area contributed by atoms with Gasteiger partial charge < -0.3 is 9.80 Å². The van der Waals surface area contributed by atoms with Crippen LogP contribution in [0.3, 0.4) is 0 Å².